The molecule has 0 bridgehead atoms. The molecule has 1 atom stereocenters. The Balaban J connectivity index is 1.75. The van der Waals surface area contributed by atoms with Crippen molar-refractivity contribution in [1.29, 1.82) is 0 Å². The fraction of sp³-hybridized carbons (Fsp3) is 0.308. The molecule has 1 aromatic carbocycles. The molecule has 2 N–H and O–H groups in total. The second-order valence-electron chi connectivity index (χ2n) is 4.66. The monoisotopic (exact) mass is 326 g/mol. The van der Waals surface area contributed by atoms with Gasteiger partial charge in [-0.25, -0.2) is 0 Å². The fourth-order valence-corrected chi connectivity index (χ4v) is 2.49. The van der Waals surface area contributed by atoms with Crippen LogP contribution in [0.2, 0.25) is 10.0 Å². The predicted molar refractivity (Wildman–Crippen MR) is 78.7 cm³/mol. The van der Waals surface area contributed by atoms with E-state index < -0.39 is 5.91 Å². The van der Waals surface area contributed by atoms with Gasteiger partial charge in [0.1, 0.15) is 0 Å². The number of nitrogens with one attached hydrogen (secondary N) is 2. The second kappa shape index (κ2) is 6.01. The van der Waals surface area contributed by atoms with E-state index in [2.05, 4.69) is 20.8 Å². The lowest BCUT2D eigenvalue weighted by Crippen LogP contribution is -2.16. The van der Waals surface area contributed by atoms with Crippen molar-refractivity contribution in [3.05, 3.63) is 40.0 Å². The molecule has 0 saturated carbocycles. The fourth-order valence-electron chi connectivity index (χ4n) is 2.14. The first kappa shape index (κ1) is 14.3. The van der Waals surface area contributed by atoms with Crippen molar-refractivity contribution in [2.24, 2.45) is 0 Å². The van der Waals surface area contributed by atoms with Crippen molar-refractivity contribution in [1.82, 2.24) is 15.5 Å². The van der Waals surface area contributed by atoms with Crippen molar-refractivity contribution in [3.8, 4) is 0 Å². The van der Waals surface area contributed by atoms with Crippen LogP contribution in [0, 0.1) is 0 Å². The van der Waals surface area contributed by atoms with Crippen molar-refractivity contribution in [2.75, 3.05) is 11.9 Å². The van der Waals surface area contributed by atoms with Crippen molar-refractivity contribution >= 4 is 34.8 Å². The molecule has 110 valence electrons. The molecule has 1 unspecified atom stereocenters. The summed E-state index contributed by atoms with van der Waals surface area (Å²) in [5.74, 6) is -0.100. The molecule has 2 heterocycles. The molecule has 8 heteroatoms. The first-order valence-electron chi connectivity index (χ1n) is 6.47. The molecule has 21 heavy (non-hydrogen) atoms. The van der Waals surface area contributed by atoms with Crippen molar-refractivity contribution in [2.45, 2.75) is 18.9 Å². The molecular formula is C13H12Cl2N4O2. The van der Waals surface area contributed by atoms with E-state index in [0.717, 1.165) is 19.4 Å². The predicted octanol–water partition coefficient (Wildman–Crippen LogP) is 3.05. The van der Waals surface area contributed by atoms with Gasteiger partial charge < -0.3 is 15.2 Å². The second-order valence-corrected chi connectivity index (χ2v) is 5.45. The van der Waals surface area contributed by atoms with Gasteiger partial charge in [-0.15, -0.1) is 0 Å². The van der Waals surface area contributed by atoms with Gasteiger partial charge in [-0.2, -0.15) is 4.98 Å². The van der Waals surface area contributed by atoms with Crippen LogP contribution in [0.15, 0.2) is 22.7 Å². The lowest BCUT2D eigenvalue weighted by Gasteiger charge is -2.05. The highest BCUT2D eigenvalue weighted by Gasteiger charge is 2.24. The van der Waals surface area contributed by atoms with E-state index >= 15 is 0 Å². The summed E-state index contributed by atoms with van der Waals surface area (Å²) in [7, 11) is 0. The number of carbonyl (C=O) groups excluding carboxylic acids is 1. The largest absolute Gasteiger partial charge is 0.337 e. The smallest absolute Gasteiger partial charge is 0.297 e. The highest BCUT2D eigenvalue weighted by molar-refractivity contribution is 6.44. The molecule has 1 fully saturated rings. The molecule has 3 rings (SSSR count). The Morgan fingerprint density at radius 2 is 2.29 bits per heavy atom. The van der Waals surface area contributed by atoms with Gasteiger partial charge >= 0.3 is 0 Å². The topological polar surface area (TPSA) is 80.0 Å². The zero-order chi connectivity index (χ0) is 14.8. The van der Waals surface area contributed by atoms with Crippen LogP contribution < -0.4 is 10.6 Å². The van der Waals surface area contributed by atoms with Crippen LogP contribution in [0.5, 0.6) is 0 Å². The summed E-state index contributed by atoms with van der Waals surface area (Å²) < 4.78 is 5.12. The minimum Gasteiger partial charge on any atom is -0.337 e. The van der Waals surface area contributed by atoms with Crippen LogP contribution in [0.25, 0.3) is 0 Å². The van der Waals surface area contributed by atoms with Crippen LogP contribution in [-0.4, -0.2) is 22.6 Å². The van der Waals surface area contributed by atoms with Gasteiger partial charge in [-0.3, -0.25) is 4.79 Å². The quantitative estimate of drug-likeness (QED) is 0.906. The Kier molecular flexibility index (Phi) is 4.10. The molecule has 6 nitrogen and oxygen atoms in total. The highest BCUT2D eigenvalue weighted by Crippen LogP contribution is 2.29. The van der Waals surface area contributed by atoms with E-state index in [1.54, 1.807) is 18.2 Å². The van der Waals surface area contributed by atoms with E-state index in [9.17, 15) is 4.79 Å². The Labute approximate surface area is 130 Å². The molecule has 2 aromatic rings. The third kappa shape index (κ3) is 3.02. The zero-order valence-electron chi connectivity index (χ0n) is 10.9. The van der Waals surface area contributed by atoms with Gasteiger partial charge in [0.25, 0.3) is 11.7 Å². The van der Waals surface area contributed by atoms with Crippen LogP contribution in [-0.2, 0) is 0 Å². The van der Waals surface area contributed by atoms with Gasteiger partial charge in [0.15, 0.2) is 0 Å². The molecule has 1 aliphatic rings. The maximum atomic E-state index is 12.1. The highest BCUT2D eigenvalue weighted by atomic mass is 35.5. The molecule has 1 aromatic heterocycles. The molecular weight excluding hydrogens is 315 g/mol. The number of hydrogen-bond acceptors (Lipinski definition) is 5. The lowest BCUT2D eigenvalue weighted by atomic mass is 10.2. The number of benzene rings is 1. The maximum Gasteiger partial charge on any atom is 0.297 e. The maximum absolute atomic E-state index is 12.1. The average Bonchev–Trinajstić information content (AvgIpc) is 3.13. The van der Waals surface area contributed by atoms with Gasteiger partial charge in [0.05, 0.1) is 21.8 Å². The summed E-state index contributed by atoms with van der Waals surface area (Å²) in [5.41, 5.74) is 0.402. The van der Waals surface area contributed by atoms with Crippen molar-refractivity contribution in [3.63, 3.8) is 0 Å². The Bertz CT molecular complexity index is 668. The third-order valence-electron chi connectivity index (χ3n) is 3.20. The number of hydrogen-bond donors (Lipinski definition) is 2. The van der Waals surface area contributed by atoms with E-state index in [0.29, 0.717) is 16.6 Å². The van der Waals surface area contributed by atoms with Crippen LogP contribution in [0.3, 0.4) is 0 Å². The molecule has 0 spiro atoms. The molecule has 1 aliphatic heterocycles. The third-order valence-corrected chi connectivity index (χ3v) is 4.02. The summed E-state index contributed by atoms with van der Waals surface area (Å²) >= 11 is 11.9. The number of amides is 1. The lowest BCUT2D eigenvalue weighted by molar-refractivity contribution is 0.101. The van der Waals surface area contributed by atoms with Gasteiger partial charge in [-0.05, 0) is 31.5 Å². The van der Waals surface area contributed by atoms with E-state index in [-0.39, 0.29) is 16.9 Å². The Hall–Kier alpha value is -1.63. The molecule has 1 amide bonds. The summed E-state index contributed by atoms with van der Waals surface area (Å²) in [6.07, 6.45) is 1.97. The number of nitrogens with zero attached hydrogens (tertiary/aromatic N) is 2. The van der Waals surface area contributed by atoms with E-state index in [4.69, 9.17) is 27.7 Å². The number of halogens is 2. The standard InChI is InChI=1S/C13H12Cl2N4O2/c14-7-3-1-4-8(10(7)15)17-12(20)11-18-13(21-19-11)9-5-2-6-16-9/h1,3-4,9,16H,2,5-6H2,(H,17,20). The van der Waals surface area contributed by atoms with E-state index in [1.165, 1.54) is 0 Å². The number of carbonyl (C=O) groups is 1. The van der Waals surface area contributed by atoms with Gasteiger partial charge in [0, 0.05) is 0 Å². The number of rotatable bonds is 3. The Morgan fingerprint density at radius 1 is 1.43 bits per heavy atom. The van der Waals surface area contributed by atoms with E-state index in [1.807, 2.05) is 0 Å². The molecule has 0 radical (unpaired) electrons. The summed E-state index contributed by atoms with van der Waals surface area (Å²) in [4.78, 5) is 16.2. The van der Waals surface area contributed by atoms with Crippen molar-refractivity contribution < 1.29 is 9.32 Å². The van der Waals surface area contributed by atoms with Gasteiger partial charge in [-0.1, -0.05) is 34.4 Å². The van der Waals surface area contributed by atoms with Crippen LogP contribution in [0.4, 0.5) is 5.69 Å². The van der Waals surface area contributed by atoms with Crippen LogP contribution >= 0.6 is 23.2 Å². The molecule has 0 aliphatic carbocycles. The average molecular weight is 327 g/mol. The van der Waals surface area contributed by atoms with Gasteiger partial charge in [0.2, 0.25) is 5.89 Å². The minimum atomic E-state index is -0.493. The summed E-state index contributed by atoms with van der Waals surface area (Å²) in [5, 5.41) is 10.2. The minimum absolute atomic E-state index is 0.0220. The summed E-state index contributed by atoms with van der Waals surface area (Å²) in [6.45, 7) is 0.909. The SMILES string of the molecule is O=C(Nc1cccc(Cl)c1Cl)c1noc(C2CCCN2)n1. The number of anilines is 1. The first-order chi connectivity index (χ1) is 10.1. The normalized spacial score (nSPS) is 17.9. The zero-order valence-corrected chi connectivity index (χ0v) is 12.4. The Morgan fingerprint density at radius 3 is 3.05 bits per heavy atom. The molecule has 1 saturated heterocycles. The van der Waals surface area contributed by atoms with Crippen LogP contribution in [0.1, 0.15) is 35.4 Å². The summed E-state index contributed by atoms with van der Waals surface area (Å²) in [6, 6.07) is 4.99. The number of aromatic nitrogens is 2. The first-order valence-corrected chi connectivity index (χ1v) is 7.23.